The molecule has 6 aliphatic heterocycles. The summed E-state index contributed by atoms with van der Waals surface area (Å²) < 4.78 is 0. The number of benzene rings is 1. The highest BCUT2D eigenvalue weighted by molar-refractivity contribution is 5.82. The molecule has 270 valence electrons. The molecule has 7 aliphatic rings. The third kappa shape index (κ3) is 7.27. The average molecular weight is 676 g/mol. The molecule has 6 heterocycles. The summed E-state index contributed by atoms with van der Waals surface area (Å²) in [6, 6.07) is 8.89. The first-order valence-corrected chi connectivity index (χ1v) is 19.6. The molecular formula is C38H61N9O2. The highest BCUT2D eigenvalue weighted by Gasteiger charge is 2.52. The number of carbonyl (C=O) groups excluding carboxylic acids is 1. The van der Waals surface area contributed by atoms with Crippen LogP contribution in [0.4, 0.5) is 11.4 Å². The number of hydrogen-bond donors (Lipinski definition) is 6. The second-order valence-electron chi connectivity index (χ2n) is 16.6. The van der Waals surface area contributed by atoms with Gasteiger partial charge in [-0.25, -0.2) is 0 Å². The van der Waals surface area contributed by atoms with E-state index < -0.39 is 5.60 Å². The molecule has 6 unspecified atom stereocenters. The van der Waals surface area contributed by atoms with Crippen molar-refractivity contribution in [1.82, 2.24) is 36.2 Å². The van der Waals surface area contributed by atoms with E-state index in [1.807, 2.05) is 11.9 Å². The quantitative estimate of drug-likeness (QED) is 0.261. The van der Waals surface area contributed by atoms with Gasteiger partial charge in [-0.2, -0.15) is 5.01 Å². The molecular weight excluding hydrogens is 614 g/mol. The van der Waals surface area contributed by atoms with Gasteiger partial charge in [0.25, 0.3) is 0 Å². The molecule has 5 saturated heterocycles. The maximum absolute atomic E-state index is 13.7. The summed E-state index contributed by atoms with van der Waals surface area (Å²) in [4.78, 5) is 19.0. The first-order chi connectivity index (χ1) is 23.9. The van der Waals surface area contributed by atoms with Gasteiger partial charge in [0.1, 0.15) is 6.29 Å². The Balaban J connectivity index is 0.845. The molecule has 6 atom stereocenters. The zero-order chi connectivity index (χ0) is 33.4. The summed E-state index contributed by atoms with van der Waals surface area (Å²) >= 11 is 0. The van der Waals surface area contributed by atoms with E-state index in [4.69, 9.17) is 0 Å². The average Bonchev–Trinajstić information content (AvgIpc) is 3.39. The molecule has 1 spiro atoms. The standard InChI is InChI=1S/C38H61N9O2/c1-37(49)14-3-2-4-21-46-35(48)31-26-40-36(43-34(31)47(46)33-7-5-6-32(37)42-33)41-29-8-10-30(11-9-29)45-24-22-44(23-25-45)27-28-12-15-38(16-13-28)17-19-39-20-18-38/h2,4,8-11,28,31-34,36,39-43,49H,3,5-7,12-27H2,1H3. The minimum absolute atomic E-state index is 0.00392. The van der Waals surface area contributed by atoms with E-state index in [1.165, 1.54) is 63.8 Å². The number of amides is 1. The van der Waals surface area contributed by atoms with Crippen LogP contribution in [0.15, 0.2) is 36.4 Å². The van der Waals surface area contributed by atoms with Crippen molar-refractivity contribution in [3.8, 4) is 0 Å². The number of anilines is 2. The third-order valence-corrected chi connectivity index (χ3v) is 13.4. The molecule has 2 bridgehead atoms. The number of hydrogen-bond acceptors (Lipinski definition) is 10. The van der Waals surface area contributed by atoms with Crippen LogP contribution < -0.4 is 31.5 Å². The smallest absolute Gasteiger partial charge is 0.244 e. The van der Waals surface area contributed by atoms with E-state index in [2.05, 4.69) is 77.8 Å². The van der Waals surface area contributed by atoms with Crippen molar-refractivity contribution in [3.05, 3.63) is 36.4 Å². The van der Waals surface area contributed by atoms with E-state index in [0.29, 0.717) is 18.5 Å². The van der Waals surface area contributed by atoms with Gasteiger partial charge in [0, 0.05) is 56.7 Å². The van der Waals surface area contributed by atoms with Crippen LogP contribution in [-0.2, 0) is 4.79 Å². The van der Waals surface area contributed by atoms with Crippen molar-refractivity contribution < 1.29 is 9.90 Å². The van der Waals surface area contributed by atoms with Gasteiger partial charge in [-0.15, -0.1) is 0 Å². The van der Waals surface area contributed by atoms with Crippen molar-refractivity contribution in [2.75, 3.05) is 69.1 Å². The van der Waals surface area contributed by atoms with E-state index in [1.54, 1.807) is 0 Å². The van der Waals surface area contributed by atoms with Gasteiger partial charge in [-0.1, -0.05) is 12.2 Å². The van der Waals surface area contributed by atoms with E-state index in [9.17, 15) is 9.90 Å². The van der Waals surface area contributed by atoms with Gasteiger partial charge >= 0.3 is 0 Å². The molecule has 1 saturated carbocycles. The first-order valence-electron chi connectivity index (χ1n) is 19.6. The SMILES string of the molecule is CC1(O)CCC=CCN2C(=O)C3CNC(Nc4ccc(N5CCN(CC6CCC7(CCNCC7)CC6)CC5)cc4)NC3N2C2CCCC1N2. The zero-order valence-electron chi connectivity index (χ0n) is 29.7. The minimum atomic E-state index is -0.779. The number of carbonyl (C=O) groups is 1. The lowest BCUT2D eigenvalue weighted by Gasteiger charge is -2.47. The van der Waals surface area contributed by atoms with Crippen molar-refractivity contribution in [1.29, 1.82) is 0 Å². The molecule has 6 N–H and O–H groups in total. The molecule has 1 amide bonds. The lowest BCUT2D eigenvalue weighted by atomic mass is 9.65. The lowest BCUT2D eigenvalue weighted by Crippen LogP contribution is -2.69. The Hall–Kier alpha value is -2.25. The van der Waals surface area contributed by atoms with Crippen LogP contribution in [0.25, 0.3) is 0 Å². The van der Waals surface area contributed by atoms with Crippen molar-refractivity contribution in [2.24, 2.45) is 17.3 Å². The number of piperidine rings is 2. The largest absolute Gasteiger partial charge is 0.389 e. The van der Waals surface area contributed by atoms with E-state index >= 15 is 0 Å². The van der Waals surface area contributed by atoms with Gasteiger partial charge in [0.05, 0.1) is 30.4 Å². The minimum Gasteiger partial charge on any atom is -0.389 e. The Morgan fingerprint density at radius 2 is 1.69 bits per heavy atom. The summed E-state index contributed by atoms with van der Waals surface area (Å²) in [7, 11) is 0. The molecule has 11 nitrogen and oxygen atoms in total. The van der Waals surface area contributed by atoms with Gasteiger partial charge in [0.15, 0.2) is 0 Å². The fraction of sp³-hybridized carbons (Fsp3) is 0.763. The molecule has 1 aliphatic carbocycles. The Morgan fingerprint density at radius 3 is 2.47 bits per heavy atom. The number of allylic oxidation sites excluding steroid dienone is 1. The molecule has 0 aromatic heterocycles. The maximum Gasteiger partial charge on any atom is 0.244 e. The van der Waals surface area contributed by atoms with Crippen molar-refractivity contribution in [2.45, 2.75) is 108 Å². The summed E-state index contributed by atoms with van der Waals surface area (Å²) in [6.45, 7) is 11.3. The van der Waals surface area contributed by atoms with Crippen LogP contribution in [0.5, 0.6) is 0 Å². The number of fused-ring (bicyclic) bond motifs is 6. The highest BCUT2D eigenvalue weighted by atomic mass is 16.3. The summed E-state index contributed by atoms with van der Waals surface area (Å²) in [6.07, 6.45) is 16.9. The monoisotopic (exact) mass is 675 g/mol. The Kier molecular flexibility index (Phi) is 9.96. The topological polar surface area (TPSA) is 110 Å². The van der Waals surface area contributed by atoms with Gasteiger partial charge in [-0.3, -0.25) is 30.7 Å². The fourth-order valence-electron chi connectivity index (χ4n) is 10.2. The normalized spacial score (nSPS) is 36.3. The number of nitrogens with one attached hydrogen (secondary N) is 5. The Morgan fingerprint density at radius 1 is 0.918 bits per heavy atom. The molecule has 1 aromatic carbocycles. The predicted octanol–water partition coefficient (Wildman–Crippen LogP) is 2.83. The van der Waals surface area contributed by atoms with Crippen LogP contribution in [0, 0.1) is 17.3 Å². The highest BCUT2D eigenvalue weighted by Crippen LogP contribution is 2.45. The zero-order valence-corrected chi connectivity index (χ0v) is 29.7. The van der Waals surface area contributed by atoms with Crippen LogP contribution in [0.2, 0.25) is 0 Å². The van der Waals surface area contributed by atoms with E-state index in [-0.39, 0.29) is 36.5 Å². The fourth-order valence-corrected chi connectivity index (χ4v) is 10.2. The Bertz CT molecular complexity index is 1300. The second-order valence-corrected chi connectivity index (χ2v) is 16.6. The molecule has 6 fully saturated rings. The number of piperazine rings is 1. The predicted molar refractivity (Wildman–Crippen MR) is 195 cm³/mol. The molecule has 11 heteroatoms. The van der Waals surface area contributed by atoms with E-state index in [0.717, 1.165) is 69.9 Å². The number of rotatable bonds is 5. The number of nitrogens with zero attached hydrogens (tertiary/aromatic N) is 4. The summed E-state index contributed by atoms with van der Waals surface area (Å²) in [5.74, 6) is 0.880. The van der Waals surface area contributed by atoms with Crippen LogP contribution in [0.3, 0.4) is 0 Å². The Labute approximate surface area is 293 Å². The molecule has 8 rings (SSSR count). The van der Waals surface area contributed by atoms with Crippen LogP contribution in [0.1, 0.15) is 77.6 Å². The number of aliphatic hydroxyl groups is 1. The first kappa shape index (κ1) is 33.9. The van der Waals surface area contributed by atoms with Gasteiger partial charge in [-0.05, 0) is 126 Å². The molecule has 0 radical (unpaired) electrons. The van der Waals surface area contributed by atoms with Crippen LogP contribution >= 0.6 is 0 Å². The number of hydrazine groups is 1. The summed E-state index contributed by atoms with van der Waals surface area (Å²) in [5, 5.41) is 33.8. The van der Waals surface area contributed by atoms with Crippen molar-refractivity contribution in [3.63, 3.8) is 0 Å². The van der Waals surface area contributed by atoms with Crippen molar-refractivity contribution >= 4 is 17.3 Å². The third-order valence-electron chi connectivity index (χ3n) is 13.4. The molecule has 1 aromatic rings. The van der Waals surface area contributed by atoms with Crippen LogP contribution in [-0.4, -0.2) is 115 Å². The second kappa shape index (κ2) is 14.4. The molecule has 49 heavy (non-hydrogen) atoms. The maximum atomic E-state index is 13.7. The van der Waals surface area contributed by atoms with Gasteiger partial charge < -0.3 is 20.6 Å². The van der Waals surface area contributed by atoms with Gasteiger partial charge in [0.2, 0.25) is 5.91 Å². The lowest BCUT2D eigenvalue weighted by molar-refractivity contribution is -0.146. The summed E-state index contributed by atoms with van der Waals surface area (Å²) in [5.41, 5.74) is 2.23.